The third-order valence-corrected chi connectivity index (χ3v) is 3.42. The number of nitrogens with one attached hydrogen (secondary N) is 1. The van der Waals surface area contributed by atoms with Crippen molar-refractivity contribution in [3.05, 3.63) is 35.6 Å². The van der Waals surface area contributed by atoms with Crippen molar-refractivity contribution in [2.45, 2.75) is 25.1 Å². The summed E-state index contributed by atoms with van der Waals surface area (Å²) in [6.07, 6.45) is -3.61. The van der Waals surface area contributed by atoms with Crippen LogP contribution in [0.1, 0.15) is 24.4 Å². The van der Waals surface area contributed by atoms with Crippen molar-refractivity contribution in [1.29, 1.82) is 0 Å². The van der Waals surface area contributed by atoms with Gasteiger partial charge in [-0.3, -0.25) is 4.79 Å². The fraction of sp³-hybridized carbons (Fsp3) is 0.500. The molecule has 116 valence electrons. The van der Waals surface area contributed by atoms with Crippen LogP contribution in [0.15, 0.2) is 24.3 Å². The van der Waals surface area contributed by atoms with Crippen LogP contribution in [0.3, 0.4) is 0 Å². The zero-order valence-corrected chi connectivity index (χ0v) is 11.3. The van der Waals surface area contributed by atoms with Crippen LogP contribution in [0.5, 0.6) is 0 Å². The van der Waals surface area contributed by atoms with Crippen LogP contribution in [-0.4, -0.2) is 36.6 Å². The molecule has 0 aromatic heterocycles. The van der Waals surface area contributed by atoms with Gasteiger partial charge in [-0.05, 0) is 37.2 Å². The molecule has 0 spiro atoms. The first-order chi connectivity index (χ1) is 9.86. The second-order valence-electron chi connectivity index (χ2n) is 5.04. The van der Waals surface area contributed by atoms with Gasteiger partial charge in [0.15, 0.2) is 6.04 Å². The van der Waals surface area contributed by atoms with Gasteiger partial charge in [-0.15, -0.1) is 0 Å². The van der Waals surface area contributed by atoms with E-state index in [1.54, 1.807) is 0 Å². The molecular weight excluding hydrogens is 288 g/mol. The van der Waals surface area contributed by atoms with Gasteiger partial charge in [0.25, 0.3) is 0 Å². The summed E-state index contributed by atoms with van der Waals surface area (Å²) in [6, 6.07) is 2.00. The molecule has 1 heterocycles. The van der Waals surface area contributed by atoms with Gasteiger partial charge in [0.1, 0.15) is 5.82 Å². The molecule has 1 aromatic rings. The fourth-order valence-corrected chi connectivity index (χ4v) is 2.14. The molecule has 1 aliphatic heterocycles. The second kappa shape index (κ2) is 6.43. The highest BCUT2D eigenvalue weighted by atomic mass is 19.4. The zero-order valence-electron chi connectivity index (χ0n) is 11.3. The van der Waals surface area contributed by atoms with E-state index in [1.807, 2.05) is 10.2 Å². The first kappa shape index (κ1) is 15.8. The third-order valence-electron chi connectivity index (χ3n) is 3.42. The third kappa shape index (κ3) is 4.42. The highest BCUT2D eigenvalue weighted by Gasteiger charge is 2.42. The zero-order chi connectivity index (χ0) is 15.5. The van der Waals surface area contributed by atoms with Crippen LogP contribution >= 0.6 is 0 Å². The average Bonchev–Trinajstić information content (AvgIpc) is 2.32. The van der Waals surface area contributed by atoms with Gasteiger partial charge in [-0.2, -0.15) is 13.2 Å². The normalized spacial score (nSPS) is 17.1. The lowest BCUT2D eigenvalue weighted by Gasteiger charge is -2.30. The maximum atomic E-state index is 13.1. The van der Waals surface area contributed by atoms with Crippen LogP contribution in [0.25, 0.3) is 0 Å². The Morgan fingerprint density at radius 2 is 2.05 bits per heavy atom. The van der Waals surface area contributed by atoms with Gasteiger partial charge >= 0.3 is 6.18 Å². The lowest BCUT2D eigenvalue weighted by Crippen LogP contribution is -2.42. The lowest BCUT2D eigenvalue weighted by molar-refractivity contribution is -0.163. The van der Waals surface area contributed by atoms with E-state index in [0.717, 1.165) is 37.7 Å². The summed E-state index contributed by atoms with van der Waals surface area (Å²) in [5, 5.41) is 1.95. The molecule has 0 radical (unpaired) electrons. The average molecular weight is 304 g/mol. The van der Waals surface area contributed by atoms with Crippen molar-refractivity contribution in [3.8, 4) is 0 Å². The summed E-state index contributed by atoms with van der Waals surface area (Å²) in [5.74, 6) is -1.45. The van der Waals surface area contributed by atoms with Crippen molar-refractivity contribution in [1.82, 2.24) is 10.2 Å². The number of likely N-dealkylation sites (tertiary alicyclic amines) is 1. The van der Waals surface area contributed by atoms with E-state index >= 15 is 0 Å². The molecule has 3 nitrogen and oxygen atoms in total. The number of nitrogens with zero attached hydrogens (tertiary/aromatic N) is 1. The van der Waals surface area contributed by atoms with Crippen LogP contribution in [0, 0.1) is 5.82 Å². The first-order valence-electron chi connectivity index (χ1n) is 6.70. The highest BCUT2D eigenvalue weighted by molar-refractivity contribution is 5.76. The summed E-state index contributed by atoms with van der Waals surface area (Å²) >= 11 is 0. The van der Waals surface area contributed by atoms with Crippen molar-refractivity contribution in [2.24, 2.45) is 0 Å². The van der Waals surface area contributed by atoms with Gasteiger partial charge in [0.2, 0.25) is 5.91 Å². The summed E-state index contributed by atoms with van der Waals surface area (Å²) in [4.78, 5) is 13.7. The summed E-state index contributed by atoms with van der Waals surface area (Å²) in [5.41, 5.74) is -0.306. The molecule has 1 amide bonds. The summed E-state index contributed by atoms with van der Waals surface area (Å²) < 4.78 is 52.2. The lowest BCUT2D eigenvalue weighted by atomic mass is 10.1. The topological polar surface area (TPSA) is 32.3 Å². The van der Waals surface area contributed by atoms with E-state index in [0.29, 0.717) is 6.54 Å². The molecule has 2 rings (SSSR count). The number of benzene rings is 1. The molecule has 1 aliphatic rings. The van der Waals surface area contributed by atoms with Crippen molar-refractivity contribution >= 4 is 5.91 Å². The Balaban J connectivity index is 2.01. The minimum Gasteiger partial charge on any atom is -0.341 e. The Kier molecular flexibility index (Phi) is 4.82. The molecule has 1 aromatic carbocycles. The molecule has 0 aliphatic carbocycles. The smallest absolute Gasteiger partial charge is 0.341 e. The SMILES string of the molecule is O=C(CCN1CCC1)N[C@@H](c1cccc(F)c1)C(F)(F)F. The minimum absolute atomic E-state index is 0.00188. The monoisotopic (exact) mass is 304 g/mol. The summed E-state index contributed by atoms with van der Waals surface area (Å²) in [6.45, 7) is 2.19. The van der Waals surface area contributed by atoms with Crippen molar-refractivity contribution < 1.29 is 22.4 Å². The first-order valence-corrected chi connectivity index (χ1v) is 6.70. The van der Waals surface area contributed by atoms with Gasteiger partial charge in [0, 0.05) is 13.0 Å². The van der Waals surface area contributed by atoms with E-state index in [2.05, 4.69) is 0 Å². The Labute approximate surface area is 119 Å². The molecule has 1 atom stereocenters. The summed E-state index contributed by atoms with van der Waals surface area (Å²) in [7, 11) is 0. The molecule has 1 saturated heterocycles. The number of amides is 1. The Morgan fingerprint density at radius 3 is 2.57 bits per heavy atom. The number of halogens is 4. The standard InChI is InChI=1S/C14H16F4N2O/c15-11-4-1-3-10(9-11)13(14(16,17)18)19-12(21)5-8-20-6-2-7-20/h1,3-4,9,13H,2,5-8H2,(H,19,21)/t13-/m0/s1. The molecule has 0 bridgehead atoms. The van der Waals surface area contributed by atoms with Gasteiger partial charge in [-0.25, -0.2) is 4.39 Å². The van der Waals surface area contributed by atoms with Gasteiger partial charge < -0.3 is 10.2 Å². The van der Waals surface area contributed by atoms with Crippen LogP contribution < -0.4 is 5.32 Å². The molecule has 1 N–H and O–H groups in total. The molecule has 21 heavy (non-hydrogen) atoms. The van der Waals surface area contributed by atoms with E-state index < -0.39 is 23.9 Å². The van der Waals surface area contributed by atoms with E-state index in [1.165, 1.54) is 6.07 Å². The molecule has 1 fully saturated rings. The number of alkyl halides is 3. The van der Waals surface area contributed by atoms with Crippen molar-refractivity contribution in [3.63, 3.8) is 0 Å². The maximum Gasteiger partial charge on any atom is 0.412 e. The van der Waals surface area contributed by atoms with Crippen molar-refractivity contribution in [2.75, 3.05) is 19.6 Å². The fourth-order valence-electron chi connectivity index (χ4n) is 2.14. The molecule has 7 heteroatoms. The molecular formula is C14H16F4N2O. The number of hydrogen-bond acceptors (Lipinski definition) is 2. The van der Waals surface area contributed by atoms with Gasteiger partial charge in [0.05, 0.1) is 0 Å². The van der Waals surface area contributed by atoms with E-state index in [9.17, 15) is 22.4 Å². The van der Waals surface area contributed by atoms with Crippen LogP contribution in [0.4, 0.5) is 17.6 Å². The van der Waals surface area contributed by atoms with Crippen LogP contribution in [-0.2, 0) is 4.79 Å². The number of carbonyl (C=O) groups is 1. The molecule has 0 unspecified atom stereocenters. The Morgan fingerprint density at radius 1 is 1.33 bits per heavy atom. The van der Waals surface area contributed by atoms with Crippen LogP contribution in [0.2, 0.25) is 0 Å². The van der Waals surface area contributed by atoms with E-state index in [-0.39, 0.29) is 12.0 Å². The number of carbonyl (C=O) groups excluding carboxylic acids is 1. The number of rotatable bonds is 5. The highest BCUT2D eigenvalue weighted by Crippen LogP contribution is 2.32. The minimum atomic E-state index is -4.67. The largest absolute Gasteiger partial charge is 0.412 e. The van der Waals surface area contributed by atoms with E-state index in [4.69, 9.17) is 0 Å². The second-order valence-corrected chi connectivity index (χ2v) is 5.04. The van der Waals surface area contributed by atoms with Gasteiger partial charge in [-0.1, -0.05) is 12.1 Å². The Bertz CT molecular complexity index is 500. The number of hydrogen-bond donors (Lipinski definition) is 1. The quantitative estimate of drug-likeness (QED) is 0.848. The predicted octanol–water partition coefficient (Wildman–Crippen LogP) is 2.64. The predicted molar refractivity (Wildman–Crippen MR) is 69.0 cm³/mol. The maximum absolute atomic E-state index is 13.1. The molecule has 0 saturated carbocycles. The Hall–Kier alpha value is -1.63.